The molecule has 0 atom stereocenters. The molecule has 0 aliphatic heterocycles. The number of nitro groups is 1. The summed E-state index contributed by atoms with van der Waals surface area (Å²) in [5.74, 6) is 0.278. The molecule has 0 N–H and O–H groups in total. The molecule has 0 saturated heterocycles. The molecule has 0 unspecified atom stereocenters. The van der Waals surface area contributed by atoms with Crippen LogP contribution >= 0.6 is 31.8 Å². The molecule has 168 valence electrons. The van der Waals surface area contributed by atoms with E-state index in [1.807, 2.05) is 41.5 Å². The van der Waals surface area contributed by atoms with Gasteiger partial charge in [0, 0.05) is 23.0 Å². The van der Waals surface area contributed by atoms with E-state index in [9.17, 15) is 14.7 Å². The van der Waals surface area contributed by atoms with Crippen molar-refractivity contribution in [2.45, 2.75) is 41.5 Å². The van der Waals surface area contributed by atoms with Crippen molar-refractivity contribution < 1.29 is 23.5 Å². The fourth-order valence-corrected chi connectivity index (χ4v) is 3.83. The lowest BCUT2D eigenvalue weighted by molar-refractivity contribution is -0.384. The predicted octanol–water partition coefficient (Wildman–Crippen LogP) is 6.03. The molecule has 30 heavy (non-hydrogen) atoms. The molecular weight excluding hydrogens is 445 g/mol. The number of nitro benzene ring substituents is 1. The van der Waals surface area contributed by atoms with Gasteiger partial charge in [0.05, 0.1) is 30.5 Å². The SMILES string of the molecule is CC(C)(C)C(=S)OCCP(=O)(CCOC(=S)C(C)(C)C)Oc1ccc([N+](=O)[O-])cc1. The van der Waals surface area contributed by atoms with Gasteiger partial charge in [0.1, 0.15) is 5.75 Å². The van der Waals surface area contributed by atoms with E-state index in [2.05, 4.69) is 0 Å². The number of benzene rings is 1. The van der Waals surface area contributed by atoms with Crippen LogP contribution < -0.4 is 4.52 Å². The van der Waals surface area contributed by atoms with Crippen LogP contribution in [0.1, 0.15) is 41.5 Å². The molecule has 0 spiro atoms. The van der Waals surface area contributed by atoms with Gasteiger partial charge >= 0.3 is 0 Å². The number of non-ortho nitro benzene ring substituents is 1. The summed E-state index contributed by atoms with van der Waals surface area (Å²) in [6, 6.07) is 5.45. The van der Waals surface area contributed by atoms with Gasteiger partial charge in [-0.2, -0.15) is 0 Å². The number of thiocarbonyl (C=S) groups is 2. The van der Waals surface area contributed by atoms with Gasteiger partial charge in [-0.3, -0.25) is 14.7 Å². The normalized spacial score (nSPS) is 12.2. The van der Waals surface area contributed by atoms with Crippen LogP contribution in [-0.2, 0) is 14.0 Å². The minimum absolute atomic E-state index is 0.0742. The molecule has 1 aromatic carbocycles. The summed E-state index contributed by atoms with van der Waals surface area (Å²) in [6.07, 6.45) is 0.234. The molecule has 0 aliphatic rings. The standard InChI is InChI=1S/C20H30NO6PS2/c1-19(2,3)17(29)25-11-13-28(24,14-12-26-18(30)20(4,5)6)27-16-9-7-15(8-10-16)21(22)23/h7-10H,11-14H2,1-6H3. The van der Waals surface area contributed by atoms with Crippen LogP contribution in [-0.4, -0.2) is 40.6 Å². The van der Waals surface area contributed by atoms with Crippen molar-refractivity contribution in [2.75, 3.05) is 25.5 Å². The minimum atomic E-state index is -3.24. The van der Waals surface area contributed by atoms with Crippen LogP contribution in [0.15, 0.2) is 24.3 Å². The third-order valence-corrected chi connectivity index (χ3v) is 7.61. The molecule has 1 aromatic rings. The van der Waals surface area contributed by atoms with Gasteiger partial charge in [0.25, 0.3) is 13.1 Å². The number of ether oxygens (including phenoxy) is 2. The first-order chi connectivity index (χ1) is 13.6. The number of hydrogen-bond acceptors (Lipinski definition) is 8. The Labute approximate surface area is 189 Å². The zero-order chi connectivity index (χ0) is 23.2. The zero-order valence-electron chi connectivity index (χ0n) is 18.3. The molecule has 10 heteroatoms. The Hall–Kier alpha value is -1.57. The summed E-state index contributed by atoms with van der Waals surface area (Å²) in [5.41, 5.74) is -0.684. The quantitative estimate of drug-likeness (QED) is 0.185. The lowest BCUT2D eigenvalue weighted by Crippen LogP contribution is -2.24. The maximum Gasteiger partial charge on any atom is 0.269 e. The van der Waals surface area contributed by atoms with E-state index >= 15 is 0 Å². The molecule has 0 aromatic heterocycles. The van der Waals surface area contributed by atoms with E-state index in [-0.39, 0.29) is 47.8 Å². The van der Waals surface area contributed by atoms with Gasteiger partial charge in [0.15, 0.2) is 10.1 Å². The van der Waals surface area contributed by atoms with Crippen molar-refractivity contribution in [1.82, 2.24) is 0 Å². The summed E-state index contributed by atoms with van der Waals surface area (Å²) in [6.45, 7) is 11.9. The van der Waals surface area contributed by atoms with E-state index in [1.54, 1.807) is 0 Å². The van der Waals surface area contributed by atoms with Crippen molar-refractivity contribution in [2.24, 2.45) is 10.8 Å². The van der Waals surface area contributed by atoms with Gasteiger partial charge in [-0.1, -0.05) is 41.5 Å². The molecular formula is C20H30NO6PS2. The van der Waals surface area contributed by atoms with Crippen LogP contribution in [0.2, 0.25) is 0 Å². The second-order valence-electron chi connectivity index (χ2n) is 8.88. The Morgan fingerprint density at radius 3 is 1.67 bits per heavy atom. The average molecular weight is 476 g/mol. The maximum atomic E-state index is 13.5. The monoisotopic (exact) mass is 475 g/mol. The Kier molecular flexibility index (Phi) is 9.39. The van der Waals surface area contributed by atoms with Crippen LogP contribution in [0, 0.1) is 20.9 Å². The molecule has 0 heterocycles. The minimum Gasteiger partial charge on any atom is -0.486 e. The summed E-state index contributed by atoms with van der Waals surface area (Å²) < 4.78 is 30.4. The van der Waals surface area contributed by atoms with Gasteiger partial charge in [-0.05, 0) is 36.6 Å². The Morgan fingerprint density at radius 2 is 1.33 bits per heavy atom. The second kappa shape index (κ2) is 10.6. The van der Waals surface area contributed by atoms with E-state index in [1.165, 1.54) is 24.3 Å². The Bertz CT molecular complexity index is 776. The summed E-state index contributed by atoms with van der Waals surface area (Å²) >= 11 is 10.5. The van der Waals surface area contributed by atoms with Gasteiger partial charge in [-0.25, -0.2) is 0 Å². The van der Waals surface area contributed by atoms with Gasteiger partial charge in [0.2, 0.25) is 0 Å². The summed E-state index contributed by atoms with van der Waals surface area (Å²) in [7, 11) is -3.24. The van der Waals surface area contributed by atoms with Crippen LogP contribution in [0.25, 0.3) is 0 Å². The van der Waals surface area contributed by atoms with Gasteiger partial charge < -0.3 is 14.0 Å². The Balaban J connectivity index is 2.85. The highest BCUT2D eigenvalue weighted by molar-refractivity contribution is 7.80. The highest BCUT2D eigenvalue weighted by Gasteiger charge is 2.28. The second-order valence-corrected chi connectivity index (χ2v) is 12.3. The number of hydrogen-bond donors (Lipinski definition) is 0. The molecule has 0 bridgehead atoms. The van der Waals surface area contributed by atoms with E-state index in [0.717, 1.165) is 0 Å². The molecule has 0 radical (unpaired) electrons. The van der Waals surface area contributed by atoms with Crippen molar-refractivity contribution in [3.63, 3.8) is 0 Å². The molecule has 0 aliphatic carbocycles. The molecule has 7 nitrogen and oxygen atoms in total. The van der Waals surface area contributed by atoms with Crippen LogP contribution in [0.3, 0.4) is 0 Å². The first-order valence-corrected chi connectivity index (χ1v) is 12.3. The molecule has 0 saturated carbocycles. The largest absolute Gasteiger partial charge is 0.486 e. The van der Waals surface area contributed by atoms with E-state index < -0.39 is 12.3 Å². The third kappa shape index (κ3) is 9.06. The number of rotatable bonds is 9. The fourth-order valence-electron chi connectivity index (χ4n) is 2.01. The molecule has 1 rings (SSSR count). The van der Waals surface area contributed by atoms with Gasteiger partial charge in [-0.15, -0.1) is 0 Å². The highest BCUT2D eigenvalue weighted by Crippen LogP contribution is 2.47. The van der Waals surface area contributed by atoms with Crippen LogP contribution in [0.5, 0.6) is 5.75 Å². The molecule has 0 amide bonds. The van der Waals surface area contributed by atoms with Crippen molar-refractivity contribution in [3.8, 4) is 5.75 Å². The van der Waals surface area contributed by atoms with Crippen LogP contribution in [0.4, 0.5) is 5.69 Å². The zero-order valence-corrected chi connectivity index (χ0v) is 20.8. The number of nitrogens with zero attached hydrogens (tertiary/aromatic N) is 1. The average Bonchev–Trinajstić information content (AvgIpc) is 2.60. The first-order valence-electron chi connectivity index (χ1n) is 9.51. The lowest BCUT2D eigenvalue weighted by Gasteiger charge is -2.24. The lowest BCUT2D eigenvalue weighted by atomic mass is 9.98. The topological polar surface area (TPSA) is 87.9 Å². The first kappa shape index (κ1) is 26.5. The van der Waals surface area contributed by atoms with E-state index in [0.29, 0.717) is 10.1 Å². The highest BCUT2D eigenvalue weighted by atomic mass is 32.1. The summed E-state index contributed by atoms with van der Waals surface area (Å²) in [5, 5.41) is 11.7. The Morgan fingerprint density at radius 1 is 0.933 bits per heavy atom. The fraction of sp³-hybridized carbons (Fsp3) is 0.600. The predicted molar refractivity (Wildman–Crippen MR) is 127 cm³/mol. The van der Waals surface area contributed by atoms with E-state index in [4.69, 9.17) is 38.4 Å². The van der Waals surface area contributed by atoms with Crippen molar-refractivity contribution in [1.29, 1.82) is 0 Å². The summed E-state index contributed by atoms with van der Waals surface area (Å²) in [4.78, 5) is 10.3. The third-order valence-electron chi connectivity index (χ3n) is 3.87. The maximum absolute atomic E-state index is 13.5. The van der Waals surface area contributed by atoms with Crippen molar-refractivity contribution >= 4 is 47.6 Å². The smallest absolute Gasteiger partial charge is 0.269 e. The molecule has 0 fully saturated rings. The van der Waals surface area contributed by atoms with Crippen molar-refractivity contribution in [3.05, 3.63) is 34.4 Å².